The molecule has 2 amide bonds. The first-order chi connectivity index (χ1) is 16.1. The van der Waals surface area contributed by atoms with Gasteiger partial charge >= 0.3 is 0 Å². The molecule has 3 heterocycles. The molecule has 1 fully saturated rings. The Labute approximate surface area is 194 Å². The van der Waals surface area contributed by atoms with Gasteiger partial charge in [0.05, 0.1) is 5.57 Å². The zero-order chi connectivity index (χ0) is 22.8. The molecule has 170 valence electrons. The first-order valence-electron chi connectivity index (χ1n) is 11.9. The second-order valence-electron chi connectivity index (χ2n) is 8.91. The van der Waals surface area contributed by atoms with E-state index in [0.29, 0.717) is 11.3 Å². The molecular weight excluding hydrogens is 412 g/mol. The lowest BCUT2D eigenvalue weighted by Gasteiger charge is -2.26. The monoisotopic (exact) mass is 442 g/mol. The van der Waals surface area contributed by atoms with E-state index in [1.807, 2.05) is 48.5 Å². The molecule has 2 aliphatic heterocycles. The second kappa shape index (κ2) is 9.24. The molecule has 0 aliphatic carbocycles. The zero-order valence-corrected chi connectivity index (χ0v) is 19.1. The van der Waals surface area contributed by atoms with Crippen LogP contribution in [0.2, 0.25) is 0 Å². The van der Waals surface area contributed by atoms with Crippen molar-refractivity contribution in [3.05, 3.63) is 71.6 Å². The quantitative estimate of drug-likeness (QED) is 0.536. The van der Waals surface area contributed by atoms with E-state index in [1.54, 1.807) is 0 Å². The third-order valence-corrected chi connectivity index (χ3v) is 6.76. The van der Waals surface area contributed by atoms with Crippen LogP contribution in [0.1, 0.15) is 36.9 Å². The average Bonchev–Trinajstić information content (AvgIpc) is 3.26. The van der Waals surface area contributed by atoms with Crippen molar-refractivity contribution in [1.29, 1.82) is 0 Å². The first kappa shape index (κ1) is 21.5. The Hall–Kier alpha value is -3.38. The maximum absolute atomic E-state index is 13.0. The molecule has 1 saturated heterocycles. The van der Waals surface area contributed by atoms with Crippen LogP contribution in [0.4, 0.5) is 5.69 Å². The van der Waals surface area contributed by atoms with Crippen molar-refractivity contribution in [3.63, 3.8) is 0 Å². The molecular formula is C27H30N4O2. The predicted molar refractivity (Wildman–Crippen MR) is 132 cm³/mol. The molecule has 2 aromatic carbocycles. The third-order valence-electron chi connectivity index (χ3n) is 6.76. The van der Waals surface area contributed by atoms with Gasteiger partial charge in [0, 0.05) is 34.4 Å². The number of aryl methyl sites for hydroxylation is 1. The molecule has 0 radical (unpaired) electrons. The van der Waals surface area contributed by atoms with Crippen LogP contribution in [0, 0.1) is 6.92 Å². The maximum Gasteiger partial charge on any atom is 0.275 e. The number of hydrogen-bond donors (Lipinski definition) is 2. The number of aromatic nitrogens is 1. The second-order valence-corrected chi connectivity index (χ2v) is 8.91. The van der Waals surface area contributed by atoms with E-state index in [0.717, 1.165) is 47.4 Å². The number of carbonyl (C=O) groups is 2. The Morgan fingerprint density at radius 3 is 2.39 bits per heavy atom. The predicted octanol–water partition coefficient (Wildman–Crippen LogP) is 4.31. The third kappa shape index (κ3) is 4.18. The van der Waals surface area contributed by atoms with E-state index < -0.39 is 0 Å². The van der Waals surface area contributed by atoms with Crippen LogP contribution in [0.3, 0.4) is 0 Å². The minimum Gasteiger partial charge on any atom is -0.350 e. The Morgan fingerprint density at radius 1 is 0.879 bits per heavy atom. The fourth-order valence-electron chi connectivity index (χ4n) is 5.15. The largest absolute Gasteiger partial charge is 0.350 e. The van der Waals surface area contributed by atoms with E-state index in [9.17, 15) is 9.59 Å². The zero-order valence-electron chi connectivity index (χ0n) is 19.1. The number of para-hydroxylation sites is 2. The van der Waals surface area contributed by atoms with Gasteiger partial charge in [-0.1, -0.05) is 42.8 Å². The smallest absolute Gasteiger partial charge is 0.275 e. The Morgan fingerprint density at radius 2 is 1.61 bits per heavy atom. The van der Waals surface area contributed by atoms with Crippen molar-refractivity contribution < 1.29 is 9.59 Å². The van der Waals surface area contributed by atoms with Gasteiger partial charge in [0.2, 0.25) is 0 Å². The molecule has 0 unspecified atom stereocenters. The molecule has 0 saturated carbocycles. The van der Waals surface area contributed by atoms with E-state index in [1.165, 1.54) is 32.4 Å². The molecule has 33 heavy (non-hydrogen) atoms. The molecule has 2 aliphatic rings. The van der Waals surface area contributed by atoms with Crippen LogP contribution < -0.4 is 10.6 Å². The molecule has 5 rings (SSSR count). The van der Waals surface area contributed by atoms with E-state index in [2.05, 4.69) is 33.1 Å². The summed E-state index contributed by atoms with van der Waals surface area (Å²) in [6.07, 6.45) is 4.99. The number of imide groups is 1. The molecule has 6 nitrogen and oxygen atoms in total. The number of hydrogen-bond acceptors (Lipinski definition) is 4. The van der Waals surface area contributed by atoms with Crippen molar-refractivity contribution in [2.75, 3.05) is 25.0 Å². The fraction of sp³-hybridized carbons (Fsp3) is 0.333. The highest BCUT2D eigenvalue weighted by atomic mass is 16.2. The van der Waals surface area contributed by atoms with Crippen molar-refractivity contribution in [3.8, 4) is 0 Å². The lowest BCUT2D eigenvalue weighted by atomic mass is 10.0. The Bertz CT molecular complexity index is 1220. The van der Waals surface area contributed by atoms with Gasteiger partial charge in [0.15, 0.2) is 0 Å². The molecule has 2 N–H and O–H groups in total. The fourth-order valence-corrected chi connectivity index (χ4v) is 5.15. The number of nitrogens with one attached hydrogen (secondary N) is 2. The van der Waals surface area contributed by atoms with Gasteiger partial charge in [-0.3, -0.25) is 14.9 Å². The summed E-state index contributed by atoms with van der Waals surface area (Å²) < 4.78 is 2.30. The number of carbonyl (C=O) groups excluding carboxylic acids is 2. The average molecular weight is 443 g/mol. The lowest BCUT2D eigenvalue weighted by Crippen LogP contribution is -2.31. The number of anilines is 1. The molecule has 1 aromatic heterocycles. The summed E-state index contributed by atoms with van der Waals surface area (Å²) >= 11 is 0. The Balaban J connectivity index is 1.52. The van der Waals surface area contributed by atoms with Crippen molar-refractivity contribution in [2.24, 2.45) is 0 Å². The van der Waals surface area contributed by atoms with Crippen molar-refractivity contribution in [1.82, 2.24) is 14.8 Å². The van der Waals surface area contributed by atoms with E-state index >= 15 is 0 Å². The number of benzene rings is 2. The van der Waals surface area contributed by atoms with Gasteiger partial charge < -0.3 is 14.8 Å². The van der Waals surface area contributed by atoms with Crippen LogP contribution in [0.25, 0.3) is 16.5 Å². The summed E-state index contributed by atoms with van der Waals surface area (Å²) in [6.45, 7) is 6.41. The van der Waals surface area contributed by atoms with Crippen LogP contribution in [-0.2, 0) is 16.1 Å². The molecule has 0 atom stereocenters. The van der Waals surface area contributed by atoms with Crippen molar-refractivity contribution in [2.45, 2.75) is 39.2 Å². The van der Waals surface area contributed by atoms with Gasteiger partial charge in [-0.25, -0.2) is 0 Å². The minimum absolute atomic E-state index is 0.311. The van der Waals surface area contributed by atoms with Gasteiger partial charge in [0.1, 0.15) is 5.70 Å². The number of nitrogens with zero attached hydrogens (tertiary/aromatic N) is 2. The summed E-state index contributed by atoms with van der Waals surface area (Å²) in [5.41, 5.74) is 4.46. The minimum atomic E-state index is -0.389. The highest BCUT2D eigenvalue weighted by Gasteiger charge is 2.34. The summed E-state index contributed by atoms with van der Waals surface area (Å²) in [6, 6.07) is 17.7. The maximum atomic E-state index is 13.0. The number of piperidine rings is 1. The summed E-state index contributed by atoms with van der Waals surface area (Å²) in [5, 5.41) is 6.68. The van der Waals surface area contributed by atoms with Gasteiger partial charge in [-0.15, -0.1) is 0 Å². The van der Waals surface area contributed by atoms with Crippen LogP contribution in [0.15, 0.2) is 60.3 Å². The van der Waals surface area contributed by atoms with Gasteiger partial charge in [-0.2, -0.15) is 0 Å². The lowest BCUT2D eigenvalue weighted by molar-refractivity contribution is -0.123. The van der Waals surface area contributed by atoms with Gasteiger partial charge in [-0.05, 0) is 64.0 Å². The molecule has 0 bridgehead atoms. The van der Waals surface area contributed by atoms with Crippen molar-refractivity contribution >= 4 is 34.0 Å². The van der Waals surface area contributed by atoms with Crippen LogP contribution >= 0.6 is 0 Å². The summed E-state index contributed by atoms with van der Waals surface area (Å²) in [5.74, 6) is -0.738. The van der Waals surface area contributed by atoms with E-state index in [-0.39, 0.29) is 11.8 Å². The molecule has 6 heteroatoms. The standard InChI is InChI=1S/C27H30N4O2/c1-19-23(24-25(27(33)29-26(24)32)28-20-11-4-2-5-12-20)21-13-6-7-14-22(21)31(19)18-10-17-30-15-8-3-9-16-30/h2,4-7,11-14H,3,8-10,15-18H2,1H3,(H2,28,29,32,33). The van der Waals surface area contributed by atoms with E-state index in [4.69, 9.17) is 0 Å². The van der Waals surface area contributed by atoms with Crippen LogP contribution in [0.5, 0.6) is 0 Å². The molecule has 3 aromatic rings. The topological polar surface area (TPSA) is 66.4 Å². The number of rotatable bonds is 7. The SMILES string of the molecule is Cc1c(C2=C(Nc3ccccc3)C(=O)NC2=O)c2ccccc2n1CCCN1CCCCC1. The number of likely N-dealkylation sites (tertiary alicyclic amines) is 1. The van der Waals surface area contributed by atoms with Crippen LogP contribution in [-0.4, -0.2) is 40.9 Å². The number of fused-ring (bicyclic) bond motifs is 1. The highest BCUT2D eigenvalue weighted by molar-refractivity contribution is 6.38. The summed E-state index contributed by atoms with van der Waals surface area (Å²) in [4.78, 5) is 28.2. The first-order valence-corrected chi connectivity index (χ1v) is 11.9. The Kier molecular flexibility index (Phi) is 6.01. The summed E-state index contributed by atoms with van der Waals surface area (Å²) in [7, 11) is 0. The molecule has 0 spiro atoms. The highest BCUT2D eigenvalue weighted by Crippen LogP contribution is 2.35. The normalized spacial score (nSPS) is 17.1. The van der Waals surface area contributed by atoms with Gasteiger partial charge in [0.25, 0.3) is 11.8 Å². The number of amides is 2.